The third kappa shape index (κ3) is 3.94. The van der Waals surface area contributed by atoms with E-state index in [9.17, 15) is 24.3 Å². The molecule has 152 valence electrons. The van der Waals surface area contributed by atoms with Crippen LogP contribution in [0.1, 0.15) is 43.8 Å². The quantitative estimate of drug-likeness (QED) is 0.578. The number of carbonyl (C=O) groups is 3. The lowest BCUT2D eigenvalue weighted by molar-refractivity contribution is -0.139. The highest BCUT2D eigenvalue weighted by Gasteiger charge is 2.42. The van der Waals surface area contributed by atoms with E-state index in [1.807, 2.05) is 6.07 Å². The van der Waals surface area contributed by atoms with Crippen molar-refractivity contribution < 1.29 is 19.5 Å². The molecule has 1 aromatic heterocycles. The number of fused-ring (bicyclic) bond motifs is 4. The Bertz CT molecular complexity index is 836. The van der Waals surface area contributed by atoms with Crippen LogP contribution >= 0.6 is 0 Å². The molecule has 1 saturated heterocycles. The van der Waals surface area contributed by atoms with Gasteiger partial charge in [-0.1, -0.05) is 6.07 Å². The van der Waals surface area contributed by atoms with Gasteiger partial charge in [0.15, 0.2) is 0 Å². The first kappa shape index (κ1) is 20.1. The van der Waals surface area contributed by atoms with Crippen molar-refractivity contribution in [2.75, 3.05) is 19.7 Å². The largest absolute Gasteiger partial charge is 0.394 e. The Labute approximate surface area is 162 Å². The number of aliphatic hydroxyl groups excluding tert-OH is 1. The molecule has 4 N–H and O–H groups in total. The molecule has 0 radical (unpaired) electrons. The average Bonchev–Trinajstić information content (AvgIpc) is 2.65. The number of hydrogen-bond donors (Lipinski definition) is 3. The van der Waals surface area contributed by atoms with Crippen LogP contribution in [0.3, 0.4) is 0 Å². The maximum atomic E-state index is 13.1. The summed E-state index contributed by atoms with van der Waals surface area (Å²) in [6.07, 6.45) is 0.915. The lowest BCUT2D eigenvalue weighted by Gasteiger charge is -2.47. The van der Waals surface area contributed by atoms with Gasteiger partial charge in [-0.3, -0.25) is 19.2 Å². The number of piperidine rings is 1. The minimum absolute atomic E-state index is 0.00508. The molecule has 3 amide bonds. The van der Waals surface area contributed by atoms with Crippen LogP contribution in [-0.4, -0.2) is 58.0 Å². The molecule has 1 aromatic rings. The number of nitrogens with one attached hydrogen (secondary N) is 1. The van der Waals surface area contributed by atoms with Gasteiger partial charge in [0.1, 0.15) is 6.04 Å². The molecule has 2 aliphatic rings. The van der Waals surface area contributed by atoms with Crippen LogP contribution in [-0.2, 0) is 14.4 Å². The van der Waals surface area contributed by atoms with Gasteiger partial charge in [-0.2, -0.15) is 0 Å². The summed E-state index contributed by atoms with van der Waals surface area (Å²) in [5.41, 5.74) is 5.86. The Morgan fingerprint density at radius 3 is 2.71 bits per heavy atom. The molecule has 0 aliphatic carbocycles. The van der Waals surface area contributed by atoms with E-state index in [0.717, 1.165) is 12.1 Å². The van der Waals surface area contributed by atoms with Crippen LogP contribution < -0.4 is 16.6 Å². The van der Waals surface area contributed by atoms with Gasteiger partial charge in [0.2, 0.25) is 17.7 Å². The predicted molar refractivity (Wildman–Crippen MR) is 100 cm³/mol. The standard InChI is InChI=1S/C19H26N4O5/c1-11(25)21-14(5-6-17(20)26)19(28)22-8-12-7-13(9-22)16(10-24)23-15(12)3-2-4-18(23)27/h2-4,12-14,16,24H,5-10H2,1H3,(H2,20,26)(H,21,25)/t12-,13+,14+,16+/m1/s1. The fourth-order valence-electron chi connectivity index (χ4n) is 4.47. The molecule has 2 bridgehead atoms. The number of hydrogen-bond acceptors (Lipinski definition) is 5. The van der Waals surface area contributed by atoms with Gasteiger partial charge in [-0.05, 0) is 18.9 Å². The fourth-order valence-corrected chi connectivity index (χ4v) is 4.47. The number of carbonyl (C=O) groups excluding carboxylic acids is 3. The first-order chi connectivity index (χ1) is 13.3. The number of rotatable bonds is 6. The van der Waals surface area contributed by atoms with E-state index in [1.165, 1.54) is 13.0 Å². The van der Waals surface area contributed by atoms with Crippen LogP contribution in [0.15, 0.2) is 23.0 Å². The van der Waals surface area contributed by atoms with Crippen molar-refractivity contribution in [1.29, 1.82) is 0 Å². The number of primary amides is 1. The molecular formula is C19H26N4O5. The number of nitrogens with two attached hydrogens (primary N) is 1. The second-order valence-corrected chi connectivity index (χ2v) is 7.60. The van der Waals surface area contributed by atoms with Crippen molar-refractivity contribution in [2.24, 2.45) is 11.7 Å². The summed E-state index contributed by atoms with van der Waals surface area (Å²) >= 11 is 0. The lowest BCUT2D eigenvalue weighted by Crippen LogP contribution is -2.56. The maximum absolute atomic E-state index is 13.1. The van der Waals surface area contributed by atoms with Gasteiger partial charge in [-0.25, -0.2) is 0 Å². The smallest absolute Gasteiger partial charge is 0.251 e. The minimum atomic E-state index is -0.825. The summed E-state index contributed by atoms with van der Waals surface area (Å²) in [7, 11) is 0. The molecule has 28 heavy (non-hydrogen) atoms. The van der Waals surface area contributed by atoms with Crippen molar-refractivity contribution in [3.05, 3.63) is 34.2 Å². The molecule has 0 saturated carbocycles. The first-order valence-electron chi connectivity index (χ1n) is 9.48. The third-order valence-electron chi connectivity index (χ3n) is 5.65. The SMILES string of the molecule is CC(=O)N[C@@H](CCC(N)=O)C(=O)N1C[C@H]2C[C@@H](C1)[C@H](CO)n1c2cccc1=O. The van der Waals surface area contributed by atoms with Gasteiger partial charge in [0.05, 0.1) is 12.6 Å². The average molecular weight is 390 g/mol. The third-order valence-corrected chi connectivity index (χ3v) is 5.65. The number of nitrogens with zero attached hydrogens (tertiary/aromatic N) is 2. The van der Waals surface area contributed by atoms with Crippen molar-refractivity contribution in [2.45, 2.75) is 44.2 Å². The Kier molecular flexibility index (Phi) is 5.83. The summed E-state index contributed by atoms with van der Waals surface area (Å²) in [5, 5.41) is 12.5. The summed E-state index contributed by atoms with van der Waals surface area (Å²) in [5.74, 6) is -1.24. The second-order valence-electron chi connectivity index (χ2n) is 7.60. The fraction of sp³-hybridized carbons (Fsp3) is 0.579. The Balaban J connectivity index is 1.85. The van der Waals surface area contributed by atoms with E-state index in [2.05, 4.69) is 5.32 Å². The minimum Gasteiger partial charge on any atom is -0.394 e. The van der Waals surface area contributed by atoms with Crippen LogP contribution in [0.25, 0.3) is 0 Å². The van der Waals surface area contributed by atoms with Gasteiger partial charge >= 0.3 is 0 Å². The van der Waals surface area contributed by atoms with Gasteiger partial charge in [-0.15, -0.1) is 0 Å². The summed E-state index contributed by atoms with van der Waals surface area (Å²) in [6, 6.07) is 3.82. The van der Waals surface area contributed by atoms with Crippen molar-refractivity contribution in [3.8, 4) is 0 Å². The molecule has 4 atom stereocenters. The zero-order valence-electron chi connectivity index (χ0n) is 15.8. The van der Waals surface area contributed by atoms with Gasteiger partial charge in [0.25, 0.3) is 5.56 Å². The highest BCUT2D eigenvalue weighted by Crippen LogP contribution is 2.40. The molecule has 0 aromatic carbocycles. The molecule has 9 nitrogen and oxygen atoms in total. The Morgan fingerprint density at radius 2 is 2.07 bits per heavy atom. The Morgan fingerprint density at radius 1 is 1.32 bits per heavy atom. The topological polar surface area (TPSA) is 135 Å². The zero-order chi connectivity index (χ0) is 20.4. The van der Waals surface area contributed by atoms with Crippen LogP contribution in [0.2, 0.25) is 0 Å². The predicted octanol–water partition coefficient (Wildman–Crippen LogP) is -0.902. The van der Waals surface area contributed by atoms with E-state index < -0.39 is 11.9 Å². The van der Waals surface area contributed by atoms with Crippen molar-refractivity contribution in [3.63, 3.8) is 0 Å². The Hall–Kier alpha value is -2.68. The lowest BCUT2D eigenvalue weighted by atomic mass is 9.78. The molecule has 0 unspecified atom stereocenters. The molecule has 3 heterocycles. The van der Waals surface area contributed by atoms with Crippen LogP contribution in [0, 0.1) is 5.92 Å². The van der Waals surface area contributed by atoms with E-state index >= 15 is 0 Å². The second kappa shape index (κ2) is 8.14. The van der Waals surface area contributed by atoms with Crippen molar-refractivity contribution >= 4 is 17.7 Å². The number of pyridine rings is 1. The first-order valence-corrected chi connectivity index (χ1v) is 9.48. The highest BCUT2D eigenvalue weighted by atomic mass is 16.3. The highest BCUT2D eigenvalue weighted by molar-refractivity contribution is 5.87. The van der Waals surface area contributed by atoms with E-state index in [-0.39, 0.29) is 54.7 Å². The maximum Gasteiger partial charge on any atom is 0.251 e. The normalized spacial score (nSPS) is 24.2. The van der Waals surface area contributed by atoms with Crippen LogP contribution in [0.4, 0.5) is 0 Å². The molecule has 9 heteroatoms. The van der Waals surface area contributed by atoms with E-state index in [1.54, 1.807) is 15.5 Å². The summed E-state index contributed by atoms with van der Waals surface area (Å²) < 4.78 is 1.65. The summed E-state index contributed by atoms with van der Waals surface area (Å²) in [6.45, 7) is 1.94. The molecule has 2 aliphatic heterocycles. The number of aliphatic hydroxyl groups is 1. The molecular weight excluding hydrogens is 364 g/mol. The van der Waals surface area contributed by atoms with E-state index in [0.29, 0.717) is 13.1 Å². The number of amides is 3. The monoisotopic (exact) mass is 390 g/mol. The number of likely N-dealkylation sites (tertiary alicyclic amines) is 1. The molecule has 0 spiro atoms. The van der Waals surface area contributed by atoms with E-state index in [4.69, 9.17) is 5.73 Å². The van der Waals surface area contributed by atoms with Crippen molar-refractivity contribution in [1.82, 2.24) is 14.8 Å². The zero-order valence-corrected chi connectivity index (χ0v) is 15.8. The molecule has 3 rings (SSSR count). The summed E-state index contributed by atoms with van der Waals surface area (Å²) in [4.78, 5) is 49.7. The van der Waals surface area contributed by atoms with Gasteiger partial charge < -0.3 is 25.6 Å². The van der Waals surface area contributed by atoms with Crippen LogP contribution in [0.5, 0.6) is 0 Å². The van der Waals surface area contributed by atoms with Gasteiger partial charge in [0, 0.05) is 50.0 Å². The molecule has 1 fully saturated rings. The number of aromatic nitrogens is 1.